The van der Waals surface area contributed by atoms with Crippen LogP contribution in [0.25, 0.3) is 0 Å². The van der Waals surface area contributed by atoms with Crippen molar-refractivity contribution in [3.63, 3.8) is 0 Å². The molecule has 1 aromatic heterocycles. The maximum Gasteiger partial charge on any atom is 0.224 e. The maximum atomic E-state index is 13.8. The van der Waals surface area contributed by atoms with Crippen LogP contribution in [0.15, 0.2) is 6.20 Å². The molecule has 0 spiro atoms. The molecule has 2 saturated carbocycles. The maximum absolute atomic E-state index is 13.8. The number of hydrogen-bond acceptors (Lipinski definition) is 3. The van der Waals surface area contributed by atoms with E-state index in [-0.39, 0.29) is 28.0 Å². The fraction of sp³-hybridized carbons (Fsp3) is 0.714. The average molecular weight is 284 g/mol. The molecule has 3 rings (SSSR count). The fourth-order valence-corrected chi connectivity index (χ4v) is 4.38. The molecule has 0 amide bonds. The third-order valence-corrected chi connectivity index (χ3v) is 5.45. The molecule has 0 saturated heterocycles. The van der Waals surface area contributed by atoms with Crippen LogP contribution in [0.3, 0.4) is 0 Å². The zero-order chi connectivity index (χ0) is 13.8. The van der Waals surface area contributed by atoms with E-state index >= 15 is 0 Å². The number of fused-ring (bicyclic) bond motifs is 2. The molecule has 2 fully saturated rings. The summed E-state index contributed by atoms with van der Waals surface area (Å²) in [7, 11) is 0. The molecule has 2 aliphatic rings. The molecule has 3 nitrogen and oxygen atoms in total. The van der Waals surface area contributed by atoms with Crippen LogP contribution in [0, 0.1) is 22.6 Å². The lowest BCUT2D eigenvalue weighted by Crippen LogP contribution is -2.46. The summed E-state index contributed by atoms with van der Waals surface area (Å²) in [5, 5.41) is 3.38. The Bertz CT molecular complexity index is 515. The van der Waals surface area contributed by atoms with Gasteiger partial charge in [0.25, 0.3) is 0 Å². The molecule has 3 unspecified atom stereocenters. The van der Waals surface area contributed by atoms with Crippen molar-refractivity contribution in [2.75, 3.05) is 5.32 Å². The molecule has 3 atom stereocenters. The van der Waals surface area contributed by atoms with Crippen LogP contribution in [0.4, 0.5) is 10.2 Å². The lowest BCUT2D eigenvalue weighted by atomic mass is 9.68. The Morgan fingerprint density at radius 1 is 1.42 bits per heavy atom. The molecule has 2 bridgehead atoms. The van der Waals surface area contributed by atoms with E-state index in [2.05, 4.69) is 36.1 Å². The Morgan fingerprint density at radius 3 is 2.79 bits per heavy atom. The zero-order valence-electron chi connectivity index (χ0n) is 11.5. The van der Waals surface area contributed by atoms with Gasteiger partial charge in [-0.05, 0) is 47.6 Å². The van der Waals surface area contributed by atoms with Crippen LogP contribution < -0.4 is 5.32 Å². The van der Waals surface area contributed by atoms with Crippen molar-refractivity contribution in [1.29, 1.82) is 0 Å². The summed E-state index contributed by atoms with van der Waals surface area (Å²) in [5.74, 6) is 0.494. The zero-order valence-corrected chi connectivity index (χ0v) is 12.3. The van der Waals surface area contributed by atoms with Gasteiger partial charge in [0.1, 0.15) is 0 Å². The minimum atomic E-state index is -0.438. The number of aromatic nitrogens is 2. The van der Waals surface area contributed by atoms with Gasteiger partial charge in [-0.15, -0.1) is 0 Å². The van der Waals surface area contributed by atoms with Crippen LogP contribution in [0.5, 0.6) is 0 Å². The monoisotopic (exact) mass is 283 g/mol. The van der Waals surface area contributed by atoms with Gasteiger partial charge in [-0.25, -0.2) is 9.37 Å². The number of nitrogens with one attached hydrogen (secondary N) is 1. The second-order valence-electron chi connectivity index (χ2n) is 6.83. The first kappa shape index (κ1) is 13.1. The van der Waals surface area contributed by atoms with Crippen molar-refractivity contribution in [2.24, 2.45) is 16.7 Å². The van der Waals surface area contributed by atoms with E-state index in [1.807, 2.05) is 0 Å². The Labute approximate surface area is 118 Å². The predicted molar refractivity (Wildman–Crippen MR) is 73.6 cm³/mol. The van der Waals surface area contributed by atoms with Gasteiger partial charge in [-0.2, -0.15) is 4.98 Å². The van der Waals surface area contributed by atoms with Gasteiger partial charge in [0, 0.05) is 6.04 Å². The molecular formula is C14H19ClFN3. The Kier molecular flexibility index (Phi) is 2.79. The number of rotatable bonds is 2. The van der Waals surface area contributed by atoms with Gasteiger partial charge in [0.15, 0.2) is 11.6 Å². The van der Waals surface area contributed by atoms with Crippen LogP contribution in [0.2, 0.25) is 5.28 Å². The summed E-state index contributed by atoms with van der Waals surface area (Å²) >= 11 is 5.76. The summed E-state index contributed by atoms with van der Waals surface area (Å²) in [4.78, 5) is 7.64. The topological polar surface area (TPSA) is 37.8 Å². The molecular weight excluding hydrogens is 265 g/mol. The van der Waals surface area contributed by atoms with Crippen LogP contribution in [-0.2, 0) is 0 Å². The van der Waals surface area contributed by atoms with Crippen molar-refractivity contribution in [3.05, 3.63) is 17.3 Å². The van der Waals surface area contributed by atoms with Crippen molar-refractivity contribution in [3.8, 4) is 0 Å². The highest BCUT2D eigenvalue weighted by atomic mass is 35.5. The Morgan fingerprint density at radius 2 is 2.16 bits per heavy atom. The SMILES string of the molecule is CC12CCC(C1)C(C)(C)C2Nc1nc(Cl)ncc1F. The second-order valence-corrected chi connectivity index (χ2v) is 7.17. The molecule has 1 heterocycles. The van der Waals surface area contributed by atoms with Crippen molar-refractivity contribution in [1.82, 2.24) is 9.97 Å². The van der Waals surface area contributed by atoms with Gasteiger partial charge in [0.05, 0.1) is 6.20 Å². The first-order valence-electron chi connectivity index (χ1n) is 6.77. The van der Waals surface area contributed by atoms with E-state index < -0.39 is 5.82 Å². The van der Waals surface area contributed by atoms with Gasteiger partial charge < -0.3 is 5.32 Å². The van der Waals surface area contributed by atoms with Crippen LogP contribution in [0.1, 0.15) is 40.0 Å². The lowest BCUT2D eigenvalue weighted by molar-refractivity contribution is 0.155. The summed E-state index contributed by atoms with van der Waals surface area (Å²) in [6.07, 6.45) is 4.80. The number of halogens is 2. The molecule has 2 aliphatic carbocycles. The van der Waals surface area contributed by atoms with Crippen molar-refractivity contribution in [2.45, 2.75) is 46.1 Å². The third-order valence-electron chi connectivity index (χ3n) is 5.27. The molecule has 0 radical (unpaired) electrons. The normalized spacial score (nSPS) is 35.6. The van der Waals surface area contributed by atoms with Gasteiger partial charge in [-0.1, -0.05) is 20.8 Å². The molecule has 104 valence electrons. The average Bonchev–Trinajstić information content (AvgIpc) is 2.80. The van der Waals surface area contributed by atoms with Crippen molar-refractivity contribution >= 4 is 17.4 Å². The largest absolute Gasteiger partial charge is 0.364 e. The smallest absolute Gasteiger partial charge is 0.224 e. The third kappa shape index (κ3) is 1.92. The minimum absolute atomic E-state index is 0.0787. The highest BCUT2D eigenvalue weighted by Gasteiger charge is 2.59. The van der Waals surface area contributed by atoms with E-state index in [9.17, 15) is 4.39 Å². The second kappa shape index (κ2) is 4.05. The van der Waals surface area contributed by atoms with E-state index in [0.29, 0.717) is 5.92 Å². The molecule has 1 N–H and O–H groups in total. The quantitative estimate of drug-likeness (QED) is 0.837. The summed E-state index contributed by atoms with van der Waals surface area (Å²) < 4.78 is 13.8. The Balaban J connectivity index is 1.92. The van der Waals surface area contributed by atoms with Crippen molar-refractivity contribution < 1.29 is 4.39 Å². The highest BCUT2D eigenvalue weighted by Crippen LogP contribution is 2.63. The molecule has 1 aromatic rings. The van der Waals surface area contributed by atoms with Gasteiger partial charge >= 0.3 is 0 Å². The summed E-state index contributed by atoms with van der Waals surface area (Å²) in [6.45, 7) is 6.82. The van der Waals surface area contributed by atoms with Gasteiger partial charge in [0.2, 0.25) is 5.28 Å². The Hall–Kier alpha value is -0.900. The molecule has 19 heavy (non-hydrogen) atoms. The van der Waals surface area contributed by atoms with Crippen LogP contribution in [-0.4, -0.2) is 16.0 Å². The van der Waals surface area contributed by atoms with Crippen LogP contribution >= 0.6 is 11.6 Å². The van der Waals surface area contributed by atoms with E-state index in [1.54, 1.807) is 0 Å². The first-order chi connectivity index (χ1) is 8.83. The summed E-state index contributed by atoms with van der Waals surface area (Å²) in [6, 6.07) is 0.221. The standard InChI is InChI=1S/C14H19ClFN3/c1-13(2)8-4-5-14(3,6-8)11(13)18-10-9(16)7-17-12(15)19-10/h7-8,11H,4-6H2,1-3H3,(H,17,18,19). The number of anilines is 1. The minimum Gasteiger partial charge on any atom is -0.364 e. The van der Waals surface area contributed by atoms with E-state index in [0.717, 1.165) is 6.20 Å². The fourth-order valence-electron chi connectivity index (χ4n) is 4.25. The first-order valence-corrected chi connectivity index (χ1v) is 7.15. The molecule has 0 aliphatic heterocycles. The van der Waals surface area contributed by atoms with Gasteiger partial charge in [-0.3, -0.25) is 0 Å². The molecule has 5 heteroatoms. The van der Waals surface area contributed by atoms with E-state index in [1.165, 1.54) is 19.3 Å². The number of hydrogen-bond donors (Lipinski definition) is 1. The summed E-state index contributed by atoms with van der Waals surface area (Å²) in [5.41, 5.74) is 0.370. The predicted octanol–water partition coefficient (Wildman–Crippen LogP) is 3.90. The number of nitrogens with zero attached hydrogens (tertiary/aromatic N) is 2. The highest BCUT2D eigenvalue weighted by molar-refractivity contribution is 6.28. The lowest BCUT2D eigenvalue weighted by Gasteiger charge is -2.43. The molecule has 0 aromatic carbocycles. The van der Waals surface area contributed by atoms with E-state index in [4.69, 9.17) is 11.6 Å².